The molecule has 1 aromatic carbocycles. The minimum Gasteiger partial charge on any atom is -0.747 e. The second kappa shape index (κ2) is 15.8. The molecule has 5 heteroatoms. The smallest absolute Gasteiger partial charge is 0.104 e. The average Bonchev–Trinajstić information content (AvgIpc) is 2.67. The molecule has 0 bridgehead atoms. The summed E-state index contributed by atoms with van der Waals surface area (Å²) in [4.78, 5) is 0. The average molecular weight is 456 g/mol. The van der Waals surface area contributed by atoms with E-state index in [-0.39, 0.29) is 6.15 Å². The molecule has 0 aliphatic rings. The fraction of sp³-hybridized carbons (Fsp3) is 0.769. The van der Waals surface area contributed by atoms with E-state index in [1.165, 1.54) is 109 Å². The van der Waals surface area contributed by atoms with Crippen molar-refractivity contribution in [3.8, 4) is 0 Å². The van der Waals surface area contributed by atoms with Crippen LogP contribution in [0.25, 0.3) is 0 Å². The number of quaternary nitrogens is 1. The van der Waals surface area contributed by atoms with Crippen LogP contribution in [0.4, 0.5) is 0 Å². The van der Waals surface area contributed by atoms with Crippen LogP contribution in [0.15, 0.2) is 18.2 Å². The van der Waals surface area contributed by atoms with E-state index in [0.29, 0.717) is 5.56 Å². The van der Waals surface area contributed by atoms with Gasteiger partial charge in [0.25, 0.3) is 0 Å². The molecule has 0 amide bonds. The lowest BCUT2D eigenvalue weighted by Crippen LogP contribution is -2.29. The second-order valence-electron chi connectivity index (χ2n) is 9.46. The Bertz CT molecular complexity index is 699. The molecule has 31 heavy (non-hydrogen) atoms. The summed E-state index contributed by atoms with van der Waals surface area (Å²) in [5, 5.41) is 0. The van der Waals surface area contributed by atoms with Crippen molar-refractivity contribution in [3.63, 3.8) is 0 Å². The zero-order valence-electron chi connectivity index (χ0n) is 21.0. The van der Waals surface area contributed by atoms with Gasteiger partial charge in [0.1, 0.15) is 10.1 Å². The Kier molecular flexibility index (Phi) is 15.4. The summed E-state index contributed by atoms with van der Waals surface area (Å²) in [6, 6.07) is 5.85. The van der Waals surface area contributed by atoms with Crippen molar-refractivity contribution < 1.29 is 13.0 Å². The lowest BCUT2D eigenvalue weighted by atomic mass is 9.94. The van der Waals surface area contributed by atoms with Gasteiger partial charge in [-0.25, -0.2) is 8.42 Å². The Morgan fingerprint density at radius 2 is 1.19 bits per heavy atom. The molecule has 0 aromatic heterocycles. The Morgan fingerprint density at radius 3 is 1.58 bits per heavy atom. The summed E-state index contributed by atoms with van der Waals surface area (Å²) in [5.41, 5.74) is 2.73. The standard InChI is InChI=1S/C26H46O3S.H3N/c1-5-6-7-8-9-10-11-12-13-14-15-16-17-18-19-24-20-21-25(23(2)22-24)26(3,4)30(27,28)29;/h20-22H,5-19H2,1-4H3,(H,27,28,29);1H3. The SMILES string of the molecule is CCCCCCCCCCCCCCCCc1ccc(C(C)(C)S(=O)(=O)[O-])c(C)c1.[NH4+]. The summed E-state index contributed by atoms with van der Waals surface area (Å²) < 4.78 is 33.3. The lowest BCUT2D eigenvalue weighted by molar-refractivity contribution is 0.427. The summed E-state index contributed by atoms with van der Waals surface area (Å²) in [7, 11) is -4.38. The highest BCUT2D eigenvalue weighted by molar-refractivity contribution is 7.86. The van der Waals surface area contributed by atoms with Gasteiger partial charge in [-0.2, -0.15) is 0 Å². The maximum Gasteiger partial charge on any atom is 0.104 e. The number of hydrogen-bond acceptors (Lipinski definition) is 3. The van der Waals surface area contributed by atoms with Crippen molar-refractivity contribution in [3.05, 3.63) is 34.9 Å². The minimum atomic E-state index is -4.38. The second-order valence-corrected chi connectivity index (χ2v) is 11.4. The molecule has 4 N–H and O–H groups in total. The molecule has 0 heterocycles. The van der Waals surface area contributed by atoms with Crippen LogP contribution >= 0.6 is 0 Å². The van der Waals surface area contributed by atoms with Gasteiger partial charge in [0, 0.05) is 0 Å². The van der Waals surface area contributed by atoms with Crippen molar-refractivity contribution in [2.45, 2.75) is 129 Å². The molecule has 0 spiro atoms. The van der Waals surface area contributed by atoms with E-state index in [1.54, 1.807) is 0 Å². The van der Waals surface area contributed by atoms with Crippen LogP contribution in [0.2, 0.25) is 0 Å². The first kappa shape index (κ1) is 30.1. The number of benzene rings is 1. The van der Waals surface area contributed by atoms with Crippen molar-refractivity contribution in [2.75, 3.05) is 0 Å². The van der Waals surface area contributed by atoms with Crippen LogP contribution in [-0.2, 0) is 21.3 Å². The third kappa shape index (κ3) is 11.5. The van der Waals surface area contributed by atoms with E-state index in [0.717, 1.165) is 12.0 Å². The zero-order chi connectivity index (χ0) is 22.5. The molecule has 4 nitrogen and oxygen atoms in total. The van der Waals surface area contributed by atoms with E-state index in [1.807, 2.05) is 25.1 Å². The number of unbranched alkanes of at least 4 members (excludes halogenated alkanes) is 13. The first-order valence-corrected chi connectivity index (χ1v) is 13.7. The topological polar surface area (TPSA) is 93.7 Å². The van der Waals surface area contributed by atoms with Gasteiger partial charge in [0.05, 0.1) is 4.75 Å². The van der Waals surface area contributed by atoms with Gasteiger partial charge in [-0.1, -0.05) is 109 Å². The number of rotatable bonds is 17. The third-order valence-electron chi connectivity index (χ3n) is 6.38. The predicted octanol–water partition coefficient (Wildman–Crippen LogP) is 8.18. The van der Waals surface area contributed by atoms with Gasteiger partial charge >= 0.3 is 0 Å². The van der Waals surface area contributed by atoms with Gasteiger partial charge in [-0.15, -0.1) is 0 Å². The van der Waals surface area contributed by atoms with Crippen LogP contribution in [0.5, 0.6) is 0 Å². The summed E-state index contributed by atoms with van der Waals surface area (Å²) in [5.74, 6) is 0. The first-order chi connectivity index (χ1) is 14.2. The van der Waals surface area contributed by atoms with Gasteiger partial charge in [-0.3, -0.25) is 0 Å². The first-order valence-electron chi connectivity index (χ1n) is 12.3. The Labute approximate surface area is 192 Å². The maximum absolute atomic E-state index is 11.6. The molecule has 0 fully saturated rings. The highest BCUT2D eigenvalue weighted by Crippen LogP contribution is 2.31. The predicted molar refractivity (Wildman–Crippen MR) is 134 cm³/mol. The van der Waals surface area contributed by atoms with Crippen molar-refractivity contribution >= 4 is 10.1 Å². The molecular formula is C26H49NO3S. The third-order valence-corrected chi connectivity index (χ3v) is 7.85. The number of aryl methyl sites for hydroxylation is 2. The van der Waals surface area contributed by atoms with Crippen LogP contribution in [0.1, 0.15) is 127 Å². The summed E-state index contributed by atoms with van der Waals surface area (Å²) in [6.45, 7) is 7.15. The lowest BCUT2D eigenvalue weighted by Gasteiger charge is -2.30. The largest absolute Gasteiger partial charge is 0.747 e. The van der Waals surface area contributed by atoms with Crippen LogP contribution in [0.3, 0.4) is 0 Å². The summed E-state index contributed by atoms with van der Waals surface area (Å²) >= 11 is 0. The summed E-state index contributed by atoms with van der Waals surface area (Å²) in [6.07, 6.45) is 20.0. The van der Waals surface area contributed by atoms with Crippen LogP contribution in [-0.4, -0.2) is 13.0 Å². The maximum atomic E-state index is 11.6. The van der Waals surface area contributed by atoms with E-state index in [9.17, 15) is 13.0 Å². The molecule has 1 rings (SSSR count). The molecular weight excluding hydrogens is 406 g/mol. The Balaban J connectivity index is 0.00000900. The molecule has 0 unspecified atom stereocenters. The molecule has 0 saturated heterocycles. The molecule has 0 saturated carbocycles. The monoisotopic (exact) mass is 455 g/mol. The van der Waals surface area contributed by atoms with Crippen molar-refractivity contribution in [2.24, 2.45) is 0 Å². The highest BCUT2D eigenvalue weighted by Gasteiger charge is 2.29. The van der Waals surface area contributed by atoms with Gasteiger partial charge in [0.2, 0.25) is 0 Å². The van der Waals surface area contributed by atoms with Crippen molar-refractivity contribution in [1.29, 1.82) is 0 Å². The quantitative estimate of drug-likeness (QED) is 0.189. The fourth-order valence-corrected chi connectivity index (χ4v) is 4.71. The molecule has 0 aliphatic carbocycles. The number of hydrogen-bond donors (Lipinski definition) is 1. The fourth-order valence-electron chi connectivity index (χ4n) is 4.22. The molecule has 0 radical (unpaired) electrons. The van der Waals surface area contributed by atoms with E-state index in [2.05, 4.69) is 6.92 Å². The van der Waals surface area contributed by atoms with Gasteiger partial charge in [-0.05, 0) is 50.3 Å². The van der Waals surface area contributed by atoms with Crippen LogP contribution < -0.4 is 6.15 Å². The normalized spacial score (nSPS) is 12.0. The van der Waals surface area contributed by atoms with Crippen molar-refractivity contribution in [1.82, 2.24) is 6.15 Å². The molecule has 1 aromatic rings. The van der Waals surface area contributed by atoms with E-state index in [4.69, 9.17) is 0 Å². The molecule has 182 valence electrons. The highest BCUT2D eigenvalue weighted by atomic mass is 32.2. The minimum absolute atomic E-state index is 0. The van der Waals surface area contributed by atoms with Gasteiger partial charge in [0.15, 0.2) is 0 Å². The van der Waals surface area contributed by atoms with Gasteiger partial charge < -0.3 is 10.7 Å². The van der Waals surface area contributed by atoms with E-state index < -0.39 is 14.9 Å². The Hall–Kier alpha value is -0.910. The molecule has 0 atom stereocenters. The zero-order valence-corrected chi connectivity index (χ0v) is 21.8. The van der Waals surface area contributed by atoms with Crippen LogP contribution in [0, 0.1) is 6.92 Å². The Morgan fingerprint density at radius 1 is 0.774 bits per heavy atom. The van der Waals surface area contributed by atoms with E-state index >= 15 is 0 Å². The molecule has 0 aliphatic heterocycles.